The van der Waals surface area contributed by atoms with E-state index in [-0.39, 0.29) is 10.9 Å². The van der Waals surface area contributed by atoms with E-state index in [1.807, 2.05) is 4.98 Å². The normalized spacial score (nSPS) is 11.7. The lowest BCUT2D eigenvalue weighted by molar-refractivity contribution is -0.274. The largest absolute Gasteiger partial charge is 0.573 e. The number of hydrogen-bond acceptors (Lipinski definition) is 3. The van der Waals surface area contributed by atoms with Crippen molar-refractivity contribution in [2.24, 2.45) is 0 Å². The Morgan fingerprint density at radius 1 is 1.12 bits per heavy atom. The van der Waals surface area contributed by atoms with E-state index in [1.54, 1.807) is 0 Å². The number of aromatic amines is 2. The standard InChI is InChI=1S/C9H5F3N2O3/c10-9(11,12)17-5-3-1-2-4-6(5)7(15)14-8(16)13-4/h1-3H,(H2,13,14,15,16). The maximum atomic E-state index is 12.1. The van der Waals surface area contributed by atoms with Gasteiger partial charge in [-0.1, -0.05) is 6.07 Å². The minimum absolute atomic E-state index is 0.0273. The fourth-order valence-electron chi connectivity index (χ4n) is 1.40. The molecule has 0 fully saturated rings. The van der Waals surface area contributed by atoms with Crippen molar-refractivity contribution >= 4 is 10.9 Å². The first kappa shape index (κ1) is 11.2. The topological polar surface area (TPSA) is 74.9 Å². The zero-order valence-corrected chi connectivity index (χ0v) is 8.09. The van der Waals surface area contributed by atoms with Gasteiger partial charge in [-0.2, -0.15) is 0 Å². The summed E-state index contributed by atoms with van der Waals surface area (Å²) in [5.41, 5.74) is -1.77. The van der Waals surface area contributed by atoms with Crippen LogP contribution in [-0.4, -0.2) is 16.3 Å². The number of nitrogens with one attached hydrogen (secondary N) is 2. The summed E-state index contributed by atoms with van der Waals surface area (Å²) in [6.07, 6.45) is -4.91. The molecule has 0 aliphatic heterocycles. The van der Waals surface area contributed by atoms with Crippen molar-refractivity contribution in [1.29, 1.82) is 0 Å². The Balaban J connectivity index is 2.74. The molecule has 1 aromatic heterocycles. The third kappa shape index (κ3) is 2.30. The van der Waals surface area contributed by atoms with Crippen LogP contribution < -0.4 is 16.0 Å². The predicted molar refractivity (Wildman–Crippen MR) is 51.9 cm³/mol. The fraction of sp³-hybridized carbons (Fsp3) is 0.111. The molecular formula is C9H5F3N2O3. The summed E-state index contributed by atoms with van der Waals surface area (Å²) >= 11 is 0. The van der Waals surface area contributed by atoms with Crippen molar-refractivity contribution in [2.45, 2.75) is 6.36 Å². The van der Waals surface area contributed by atoms with E-state index in [9.17, 15) is 22.8 Å². The van der Waals surface area contributed by atoms with Gasteiger partial charge in [0.1, 0.15) is 11.1 Å². The van der Waals surface area contributed by atoms with Gasteiger partial charge in [0.15, 0.2) is 0 Å². The van der Waals surface area contributed by atoms with Crippen LogP contribution in [0.15, 0.2) is 27.8 Å². The number of fused-ring (bicyclic) bond motifs is 1. The van der Waals surface area contributed by atoms with Crippen LogP contribution in [0.4, 0.5) is 13.2 Å². The minimum atomic E-state index is -4.91. The van der Waals surface area contributed by atoms with Gasteiger partial charge in [-0.3, -0.25) is 9.78 Å². The monoisotopic (exact) mass is 246 g/mol. The smallest absolute Gasteiger partial charge is 0.405 e. The number of H-pyrrole nitrogens is 2. The molecule has 0 saturated heterocycles. The molecule has 2 rings (SSSR count). The van der Waals surface area contributed by atoms with Crippen LogP contribution in [0.25, 0.3) is 10.9 Å². The quantitative estimate of drug-likeness (QED) is 0.791. The molecule has 5 nitrogen and oxygen atoms in total. The SMILES string of the molecule is O=c1[nH]c(=O)c2c(OC(F)(F)F)cccc2[nH]1. The van der Waals surface area contributed by atoms with E-state index in [0.717, 1.165) is 6.07 Å². The number of benzene rings is 1. The molecule has 2 aromatic rings. The molecule has 90 valence electrons. The van der Waals surface area contributed by atoms with Gasteiger partial charge in [-0.15, -0.1) is 13.2 Å². The number of halogens is 3. The average molecular weight is 246 g/mol. The molecule has 0 amide bonds. The Hall–Kier alpha value is -2.25. The summed E-state index contributed by atoms with van der Waals surface area (Å²) < 4.78 is 39.9. The summed E-state index contributed by atoms with van der Waals surface area (Å²) in [5.74, 6) is -0.660. The molecule has 0 spiro atoms. The van der Waals surface area contributed by atoms with Crippen LogP contribution >= 0.6 is 0 Å². The van der Waals surface area contributed by atoms with Gasteiger partial charge in [-0.25, -0.2) is 4.79 Å². The lowest BCUT2D eigenvalue weighted by atomic mass is 10.2. The Kier molecular flexibility index (Phi) is 2.41. The highest BCUT2D eigenvalue weighted by molar-refractivity contribution is 5.83. The molecule has 0 aliphatic rings. The Bertz CT molecular complexity index is 671. The highest BCUT2D eigenvalue weighted by Crippen LogP contribution is 2.26. The first-order valence-corrected chi connectivity index (χ1v) is 4.38. The van der Waals surface area contributed by atoms with Crippen LogP contribution in [0.5, 0.6) is 5.75 Å². The summed E-state index contributed by atoms with van der Waals surface area (Å²) in [7, 11) is 0. The second-order valence-electron chi connectivity index (χ2n) is 3.13. The highest BCUT2D eigenvalue weighted by Gasteiger charge is 2.32. The van der Waals surface area contributed by atoms with Crippen molar-refractivity contribution in [3.05, 3.63) is 39.0 Å². The first-order valence-electron chi connectivity index (χ1n) is 4.38. The third-order valence-electron chi connectivity index (χ3n) is 1.95. The molecule has 0 atom stereocenters. The van der Waals surface area contributed by atoms with Crippen LogP contribution in [0.1, 0.15) is 0 Å². The van der Waals surface area contributed by atoms with Crippen LogP contribution in [-0.2, 0) is 0 Å². The second-order valence-corrected chi connectivity index (χ2v) is 3.13. The molecule has 0 unspecified atom stereocenters. The van der Waals surface area contributed by atoms with Gasteiger partial charge in [0, 0.05) is 0 Å². The molecule has 2 N–H and O–H groups in total. The summed E-state index contributed by atoms with van der Waals surface area (Å²) in [6.45, 7) is 0. The van der Waals surface area contributed by atoms with Gasteiger partial charge in [-0.05, 0) is 12.1 Å². The minimum Gasteiger partial charge on any atom is -0.405 e. The Morgan fingerprint density at radius 2 is 1.82 bits per heavy atom. The Morgan fingerprint density at radius 3 is 2.47 bits per heavy atom. The first-order chi connectivity index (χ1) is 7.87. The lowest BCUT2D eigenvalue weighted by Gasteiger charge is -2.10. The fourth-order valence-corrected chi connectivity index (χ4v) is 1.40. The van der Waals surface area contributed by atoms with E-state index in [2.05, 4.69) is 9.72 Å². The van der Waals surface area contributed by atoms with Crippen molar-refractivity contribution < 1.29 is 17.9 Å². The zero-order chi connectivity index (χ0) is 12.6. The van der Waals surface area contributed by atoms with E-state index in [4.69, 9.17) is 0 Å². The number of aromatic nitrogens is 2. The van der Waals surface area contributed by atoms with Crippen molar-refractivity contribution in [3.63, 3.8) is 0 Å². The molecule has 0 aliphatic carbocycles. The van der Waals surface area contributed by atoms with E-state index < -0.39 is 23.4 Å². The van der Waals surface area contributed by atoms with Crippen molar-refractivity contribution in [1.82, 2.24) is 9.97 Å². The van der Waals surface area contributed by atoms with Gasteiger partial charge in [0.25, 0.3) is 5.56 Å². The predicted octanol–water partition coefficient (Wildman–Crippen LogP) is 1.12. The molecule has 0 bridgehead atoms. The van der Waals surface area contributed by atoms with Crippen LogP contribution in [0.3, 0.4) is 0 Å². The molecule has 0 radical (unpaired) electrons. The Labute approximate surface area is 90.9 Å². The molecule has 1 heterocycles. The van der Waals surface area contributed by atoms with Crippen molar-refractivity contribution in [2.75, 3.05) is 0 Å². The van der Waals surface area contributed by atoms with E-state index in [0.29, 0.717) is 0 Å². The van der Waals surface area contributed by atoms with Gasteiger partial charge >= 0.3 is 12.1 Å². The number of alkyl halides is 3. The van der Waals surface area contributed by atoms with Gasteiger partial charge in [0.2, 0.25) is 0 Å². The van der Waals surface area contributed by atoms with Gasteiger partial charge < -0.3 is 9.72 Å². The maximum absolute atomic E-state index is 12.1. The van der Waals surface area contributed by atoms with E-state index >= 15 is 0 Å². The highest BCUT2D eigenvalue weighted by atomic mass is 19.4. The molecule has 8 heteroatoms. The second kappa shape index (κ2) is 3.65. The number of hydrogen-bond donors (Lipinski definition) is 2. The zero-order valence-electron chi connectivity index (χ0n) is 8.09. The average Bonchev–Trinajstić information content (AvgIpc) is 2.13. The van der Waals surface area contributed by atoms with E-state index in [1.165, 1.54) is 12.1 Å². The van der Waals surface area contributed by atoms with Crippen molar-refractivity contribution in [3.8, 4) is 5.75 Å². The molecule has 0 saturated carbocycles. The molecule has 17 heavy (non-hydrogen) atoms. The van der Waals surface area contributed by atoms with Crippen LogP contribution in [0, 0.1) is 0 Å². The summed E-state index contributed by atoms with van der Waals surface area (Å²) in [6, 6.07) is 3.53. The summed E-state index contributed by atoms with van der Waals surface area (Å²) in [4.78, 5) is 26.3. The number of ether oxygens (including phenoxy) is 1. The summed E-state index contributed by atoms with van der Waals surface area (Å²) in [5, 5.41) is -0.357. The molecule has 1 aromatic carbocycles. The lowest BCUT2D eigenvalue weighted by Crippen LogP contribution is -2.24. The van der Waals surface area contributed by atoms with Crippen LogP contribution in [0.2, 0.25) is 0 Å². The molecular weight excluding hydrogens is 241 g/mol. The van der Waals surface area contributed by atoms with Gasteiger partial charge in [0.05, 0.1) is 5.52 Å². The number of rotatable bonds is 1. The third-order valence-corrected chi connectivity index (χ3v) is 1.95. The maximum Gasteiger partial charge on any atom is 0.573 e.